The van der Waals surface area contributed by atoms with Crippen LogP contribution in [-0.4, -0.2) is 29.8 Å². The second kappa shape index (κ2) is 7.42. The molecule has 2 aromatic rings. The van der Waals surface area contributed by atoms with E-state index in [0.29, 0.717) is 18.3 Å². The molecule has 112 valence electrons. The number of hydrogen-bond acceptors (Lipinski definition) is 5. The van der Waals surface area contributed by atoms with Gasteiger partial charge in [-0.1, -0.05) is 13.3 Å². The van der Waals surface area contributed by atoms with Gasteiger partial charge < -0.3 is 14.5 Å². The number of amides is 1. The number of aromatic nitrogens is 2. The third-order valence-corrected chi connectivity index (χ3v) is 2.97. The molecule has 6 heteroatoms. The standard InChI is InChI=1S/C15H19N3O3/c1-3-4-9-16-13(19)10-14-17-18-15(21-14)11-5-7-12(20-2)8-6-11/h5-8H,3-4,9-10H2,1-2H3,(H,16,19). The molecule has 0 atom stereocenters. The van der Waals surface area contributed by atoms with Gasteiger partial charge in [-0.05, 0) is 30.7 Å². The highest BCUT2D eigenvalue weighted by Crippen LogP contribution is 2.21. The second-order valence-electron chi connectivity index (χ2n) is 4.61. The van der Waals surface area contributed by atoms with Crippen molar-refractivity contribution >= 4 is 5.91 Å². The molecule has 6 nitrogen and oxygen atoms in total. The quantitative estimate of drug-likeness (QED) is 0.791. The Morgan fingerprint density at radius 3 is 2.71 bits per heavy atom. The third kappa shape index (κ3) is 4.30. The van der Waals surface area contributed by atoms with E-state index < -0.39 is 0 Å². The number of rotatable bonds is 7. The van der Waals surface area contributed by atoms with E-state index in [1.807, 2.05) is 24.3 Å². The van der Waals surface area contributed by atoms with Crippen molar-refractivity contribution in [3.05, 3.63) is 30.2 Å². The van der Waals surface area contributed by atoms with Crippen molar-refractivity contribution in [2.45, 2.75) is 26.2 Å². The van der Waals surface area contributed by atoms with Gasteiger partial charge in [0, 0.05) is 12.1 Å². The lowest BCUT2D eigenvalue weighted by atomic mass is 10.2. The molecular weight excluding hydrogens is 270 g/mol. The van der Waals surface area contributed by atoms with E-state index in [4.69, 9.17) is 9.15 Å². The summed E-state index contributed by atoms with van der Waals surface area (Å²) in [6.45, 7) is 2.75. The zero-order valence-corrected chi connectivity index (χ0v) is 12.3. The summed E-state index contributed by atoms with van der Waals surface area (Å²) in [5, 5.41) is 10.7. The van der Waals surface area contributed by atoms with Gasteiger partial charge in [0.2, 0.25) is 17.7 Å². The highest BCUT2D eigenvalue weighted by molar-refractivity contribution is 5.77. The predicted octanol–water partition coefficient (Wildman–Crippen LogP) is 2.20. The second-order valence-corrected chi connectivity index (χ2v) is 4.61. The van der Waals surface area contributed by atoms with Crippen molar-refractivity contribution in [3.8, 4) is 17.2 Å². The number of carbonyl (C=O) groups excluding carboxylic acids is 1. The van der Waals surface area contributed by atoms with Crippen LogP contribution in [0.2, 0.25) is 0 Å². The summed E-state index contributed by atoms with van der Waals surface area (Å²) in [4.78, 5) is 11.7. The van der Waals surface area contributed by atoms with Crippen molar-refractivity contribution in [3.63, 3.8) is 0 Å². The lowest BCUT2D eigenvalue weighted by Gasteiger charge is -2.01. The number of carbonyl (C=O) groups is 1. The summed E-state index contributed by atoms with van der Waals surface area (Å²) >= 11 is 0. The monoisotopic (exact) mass is 289 g/mol. The first kappa shape index (κ1) is 15.0. The van der Waals surface area contributed by atoms with Gasteiger partial charge in [0.05, 0.1) is 7.11 Å². The van der Waals surface area contributed by atoms with E-state index in [1.54, 1.807) is 7.11 Å². The molecule has 0 saturated carbocycles. The first-order valence-corrected chi connectivity index (χ1v) is 6.96. The van der Waals surface area contributed by atoms with Crippen molar-refractivity contribution < 1.29 is 13.9 Å². The maximum Gasteiger partial charge on any atom is 0.247 e. The van der Waals surface area contributed by atoms with Crippen LogP contribution in [0.15, 0.2) is 28.7 Å². The van der Waals surface area contributed by atoms with Gasteiger partial charge in [-0.3, -0.25) is 4.79 Å². The Kier molecular flexibility index (Phi) is 5.31. The molecule has 21 heavy (non-hydrogen) atoms. The Bertz CT molecular complexity index is 578. The number of methoxy groups -OCH3 is 1. The smallest absolute Gasteiger partial charge is 0.247 e. The van der Waals surface area contributed by atoms with E-state index in [0.717, 1.165) is 24.2 Å². The largest absolute Gasteiger partial charge is 0.497 e. The molecule has 1 aromatic heterocycles. The molecule has 0 aliphatic heterocycles. The van der Waals surface area contributed by atoms with Gasteiger partial charge in [-0.25, -0.2) is 0 Å². The lowest BCUT2D eigenvalue weighted by Crippen LogP contribution is -2.26. The van der Waals surface area contributed by atoms with Gasteiger partial charge >= 0.3 is 0 Å². The van der Waals surface area contributed by atoms with Crippen LogP contribution < -0.4 is 10.1 Å². The van der Waals surface area contributed by atoms with Crippen LogP contribution in [0, 0.1) is 0 Å². The number of nitrogens with one attached hydrogen (secondary N) is 1. The number of nitrogens with zero attached hydrogens (tertiary/aromatic N) is 2. The Morgan fingerprint density at radius 1 is 1.29 bits per heavy atom. The van der Waals surface area contributed by atoms with Crippen LogP contribution >= 0.6 is 0 Å². The molecule has 0 aliphatic rings. The summed E-state index contributed by atoms with van der Waals surface area (Å²) in [5.41, 5.74) is 0.793. The zero-order chi connectivity index (χ0) is 15.1. The van der Waals surface area contributed by atoms with Gasteiger partial charge in [-0.2, -0.15) is 0 Å². The van der Waals surface area contributed by atoms with E-state index in [9.17, 15) is 4.79 Å². The molecule has 0 spiro atoms. The van der Waals surface area contributed by atoms with Gasteiger partial charge in [0.1, 0.15) is 12.2 Å². The van der Waals surface area contributed by atoms with E-state index in [2.05, 4.69) is 22.4 Å². The van der Waals surface area contributed by atoms with Crippen molar-refractivity contribution in [1.29, 1.82) is 0 Å². The summed E-state index contributed by atoms with van der Waals surface area (Å²) in [6.07, 6.45) is 2.11. The minimum absolute atomic E-state index is 0.103. The minimum Gasteiger partial charge on any atom is -0.497 e. The Balaban J connectivity index is 1.95. The Hall–Kier alpha value is -2.37. The SMILES string of the molecule is CCCCNC(=O)Cc1nnc(-c2ccc(OC)cc2)o1. The molecule has 0 fully saturated rings. The van der Waals surface area contributed by atoms with E-state index >= 15 is 0 Å². The molecule has 0 unspecified atom stereocenters. The minimum atomic E-state index is -0.103. The Morgan fingerprint density at radius 2 is 2.05 bits per heavy atom. The molecule has 0 bridgehead atoms. The number of hydrogen-bond donors (Lipinski definition) is 1. The van der Waals surface area contributed by atoms with Gasteiger partial charge in [0.15, 0.2) is 0 Å². The number of ether oxygens (including phenoxy) is 1. The molecule has 0 radical (unpaired) electrons. The highest BCUT2D eigenvalue weighted by Gasteiger charge is 2.12. The van der Waals surface area contributed by atoms with Crippen LogP contribution in [0.5, 0.6) is 5.75 Å². The highest BCUT2D eigenvalue weighted by atomic mass is 16.5. The van der Waals surface area contributed by atoms with E-state index in [-0.39, 0.29) is 12.3 Å². The summed E-state index contributed by atoms with van der Waals surface area (Å²) < 4.78 is 10.6. The maximum atomic E-state index is 11.7. The Labute approximate surface area is 123 Å². The van der Waals surface area contributed by atoms with Crippen LogP contribution in [0.25, 0.3) is 11.5 Å². The maximum absolute atomic E-state index is 11.7. The average molecular weight is 289 g/mol. The molecule has 0 aliphatic carbocycles. The fourth-order valence-electron chi connectivity index (χ4n) is 1.78. The predicted molar refractivity (Wildman–Crippen MR) is 77.9 cm³/mol. The molecule has 1 aromatic carbocycles. The van der Waals surface area contributed by atoms with Crippen LogP contribution in [0.3, 0.4) is 0 Å². The summed E-state index contributed by atoms with van der Waals surface area (Å²) in [5.74, 6) is 1.37. The fraction of sp³-hybridized carbons (Fsp3) is 0.400. The molecule has 0 saturated heterocycles. The van der Waals surface area contributed by atoms with Crippen LogP contribution in [0.1, 0.15) is 25.7 Å². The molecule has 1 N–H and O–H groups in total. The van der Waals surface area contributed by atoms with Crippen LogP contribution in [-0.2, 0) is 11.2 Å². The zero-order valence-electron chi connectivity index (χ0n) is 12.3. The average Bonchev–Trinajstić information content (AvgIpc) is 2.96. The molecule has 1 heterocycles. The van der Waals surface area contributed by atoms with Crippen LogP contribution in [0.4, 0.5) is 0 Å². The third-order valence-electron chi connectivity index (χ3n) is 2.97. The van der Waals surface area contributed by atoms with E-state index in [1.165, 1.54) is 0 Å². The van der Waals surface area contributed by atoms with Gasteiger partial charge in [-0.15, -0.1) is 10.2 Å². The van der Waals surface area contributed by atoms with Gasteiger partial charge in [0.25, 0.3) is 0 Å². The summed E-state index contributed by atoms with van der Waals surface area (Å²) in [7, 11) is 1.61. The first-order valence-electron chi connectivity index (χ1n) is 6.96. The summed E-state index contributed by atoms with van der Waals surface area (Å²) in [6, 6.07) is 7.29. The van der Waals surface area contributed by atoms with Crippen molar-refractivity contribution in [1.82, 2.24) is 15.5 Å². The van der Waals surface area contributed by atoms with Crippen molar-refractivity contribution in [2.24, 2.45) is 0 Å². The number of unbranched alkanes of at least 4 members (excludes halogenated alkanes) is 1. The van der Waals surface area contributed by atoms with Crippen molar-refractivity contribution in [2.75, 3.05) is 13.7 Å². The molecule has 1 amide bonds. The first-order chi connectivity index (χ1) is 10.2. The lowest BCUT2D eigenvalue weighted by molar-refractivity contribution is -0.120. The fourth-order valence-corrected chi connectivity index (χ4v) is 1.78. The normalized spacial score (nSPS) is 10.4. The molecule has 2 rings (SSSR count). The topological polar surface area (TPSA) is 77.2 Å². The molecular formula is C15H19N3O3. The number of benzene rings is 1.